The highest BCUT2D eigenvalue weighted by Crippen LogP contribution is 2.15. The van der Waals surface area contributed by atoms with E-state index in [2.05, 4.69) is 4.72 Å². The first-order valence-electron chi connectivity index (χ1n) is 5.91. The normalized spacial score (nSPS) is 10.2. The molecule has 0 aliphatic heterocycles. The number of ketones is 1. The Hall–Kier alpha value is -1.78. The first kappa shape index (κ1) is 13.6. The van der Waals surface area contributed by atoms with Crippen LogP contribution in [0, 0.1) is 0 Å². The van der Waals surface area contributed by atoms with E-state index in [-0.39, 0.29) is 12.3 Å². The van der Waals surface area contributed by atoms with Gasteiger partial charge in [-0.25, -0.2) is 0 Å². The summed E-state index contributed by atoms with van der Waals surface area (Å²) < 4.78 is 8.16. The fourth-order valence-electron chi connectivity index (χ4n) is 1.57. The van der Waals surface area contributed by atoms with Gasteiger partial charge < -0.3 is 4.74 Å². The lowest BCUT2D eigenvalue weighted by molar-refractivity contribution is 0.0997. The van der Waals surface area contributed by atoms with Crippen LogP contribution in [-0.4, -0.2) is 19.4 Å². The number of hydrogen-bond acceptors (Lipinski definition) is 4. The molecule has 98 valence electrons. The third-order valence-electron chi connectivity index (χ3n) is 2.56. The van der Waals surface area contributed by atoms with Gasteiger partial charge in [-0.1, -0.05) is 30.3 Å². The Morgan fingerprint density at radius 3 is 2.68 bits per heavy atom. The molecule has 2 aromatic rings. The molecule has 2 aromatic carbocycles. The summed E-state index contributed by atoms with van der Waals surface area (Å²) in [5.74, 6) is 0.740. The molecular formula is C15H15NO2S. The number of carbonyl (C=O) groups is 1. The second-order valence-corrected chi connectivity index (χ2v) is 4.86. The maximum atomic E-state index is 12.0. The topological polar surface area (TPSA) is 38.3 Å². The van der Waals surface area contributed by atoms with Crippen molar-refractivity contribution in [1.29, 1.82) is 0 Å². The molecule has 3 nitrogen and oxygen atoms in total. The zero-order valence-corrected chi connectivity index (χ0v) is 11.4. The van der Waals surface area contributed by atoms with Crippen LogP contribution in [0.1, 0.15) is 10.4 Å². The van der Waals surface area contributed by atoms with Crippen LogP contribution in [0.2, 0.25) is 0 Å². The average Bonchev–Trinajstić information content (AvgIpc) is 2.48. The van der Waals surface area contributed by atoms with Gasteiger partial charge >= 0.3 is 0 Å². The summed E-state index contributed by atoms with van der Waals surface area (Å²) in [5, 5.41) is 0. The lowest BCUT2D eigenvalue weighted by Crippen LogP contribution is -2.16. The van der Waals surface area contributed by atoms with Crippen molar-refractivity contribution in [3.8, 4) is 5.75 Å². The lowest BCUT2D eigenvalue weighted by Gasteiger charge is -2.05. The van der Waals surface area contributed by atoms with Gasteiger partial charge in [-0.3, -0.25) is 9.52 Å². The van der Waals surface area contributed by atoms with E-state index < -0.39 is 0 Å². The SMILES string of the molecule is COc1cccc(C(=O)CNSc2ccccc2)c1. The van der Waals surface area contributed by atoms with Crippen LogP contribution in [0.15, 0.2) is 59.5 Å². The van der Waals surface area contributed by atoms with Gasteiger partial charge in [0.2, 0.25) is 0 Å². The Kier molecular flexibility index (Phi) is 5.01. The molecule has 0 aromatic heterocycles. The number of ether oxygens (including phenoxy) is 1. The molecule has 4 heteroatoms. The van der Waals surface area contributed by atoms with Crippen molar-refractivity contribution in [2.45, 2.75) is 4.90 Å². The van der Waals surface area contributed by atoms with Crippen molar-refractivity contribution in [3.05, 3.63) is 60.2 Å². The Bertz CT molecular complexity index is 543. The summed E-state index contributed by atoms with van der Waals surface area (Å²) in [6, 6.07) is 17.1. The summed E-state index contributed by atoms with van der Waals surface area (Å²) >= 11 is 1.45. The number of nitrogens with one attached hydrogen (secondary N) is 1. The van der Waals surface area contributed by atoms with Crippen molar-refractivity contribution in [3.63, 3.8) is 0 Å². The van der Waals surface area contributed by atoms with Crippen LogP contribution in [-0.2, 0) is 0 Å². The smallest absolute Gasteiger partial charge is 0.177 e. The molecule has 0 saturated heterocycles. The van der Waals surface area contributed by atoms with Gasteiger partial charge in [0.25, 0.3) is 0 Å². The molecule has 0 radical (unpaired) electrons. The van der Waals surface area contributed by atoms with E-state index in [1.807, 2.05) is 42.5 Å². The Morgan fingerprint density at radius 1 is 1.16 bits per heavy atom. The summed E-state index contributed by atoms with van der Waals surface area (Å²) in [7, 11) is 1.59. The van der Waals surface area contributed by atoms with Crippen LogP contribution >= 0.6 is 11.9 Å². The number of methoxy groups -OCH3 is 1. The first-order chi connectivity index (χ1) is 9.29. The highest BCUT2D eigenvalue weighted by molar-refractivity contribution is 7.97. The third-order valence-corrected chi connectivity index (χ3v) is 3.35. The average molecular weight is 273 g/mol. The van der Waals surface area contributed by atoms with Crippen molar-refractivity contribution in [2.75, 3.05) is 13.7 Å². The summed E-state index contributed by atoms with van der Waals surface area (Å²) in [6.45, 7) is 0.284. The van der Waals surface area contributed by atoms with E-state index in [9.17, 15) is 4.79 Å². The third kappa shape index (κ3) is 4.12. The number of Topliss-reactive ketones (excluding diaryl/α,β-unsaturated/α-hetero) is 1. The van der Waals surface area contributed by atoms with Gasteiger partial charge in [0.05, 0.1) is 13.7 Å². The molecule has 0 aliphatic rings. The van der Waals surface area contributed by atoms with Crippen LogP contribution in [0.25, 0.3) is 0 Å². The van der Waals surface area contributed by atoms with Crippen molar-refractivity contribution in [2.24, 2.45) is 0 Å². The van der Waals surface area contributed by atoms with Crippen LogP contribution in [0.3, 0.4) is 0 Å². The molecule has 0 amide bonds. The van der Waals surface area contributed by atoms with E-state index in [0.717, 1.165) is 4.90 Å². The summed E-state index contributed by atoms with van der Waals surface area (Å²) in [6.07, 6.45) is 0. The Labute approximate surface area is 117 Å². The highest BCUT2D eigenvalue weighted by Gasteiger charge is 2.06. The molecule has 0 atom stereocenters. The minimum atomic E-state index is 0.0438. The maximum absolute atomic E-state index is 12.0. The van der Waals surface area contributed by atoms with Crippen LogP contribution in [0.5, 0.6) is 5.75 Å². The molecule has 0 aliphatic carbocycles. The lowest BCUT2D eigenvalue weighted by atomic mass is 10.1. The number of hydrogen-bond donors (Lipinski definition) is 1. The highest BCUT2D eigenvalue weighted by atomic mass is 32.2. The Morgan fingerprint density at radius 2 is 1.95 bits per heavy atom. The molecular weight excluding hydrogens is 258 g/mol. The van der Waals surface area contributed by atoms with E-state index in [1.165, 1.54) is 11.9 Å². The van der Waals surface area contributed by atoms with E-state index >= 15 is 0 Å². The molecule has 19 heavy (non-hydrogen) atoms. The molecule has 0 spiro atoms. The summed E-state index contributed by atoms with van der Waals surface area (Å²) in [5.41, 5.74) is 0.653. The molecule has 0 saturated carbocycles. The van der Waals surface area contributed by atoms with Gasteiger partial charge in [0, 0.05) is 10.5 Å². The predicted molar refractivity (Wildman–Crippen MR) is 77.6 cm³/mol. The standard InChI is InChI=1S/C15H15NO2S/c1-18-13-7-5-6-12(10-13)15(17)11-16-19-14-8-3-2-4-9-14/h2-10,16H,11H2,1H3. The van der Waals surface area contributed by atoms with Gasteiger partial charge in [0.1, 0.15) is 5.75 Å². The minimum Gasteiger partial charge on any atom is -0.497 e. The number of rotatable bonds is 6. The van der Waals surface area contributed by atoms with E-state index in [0.29, 0.717) is 11.3 Å². The molecule has 0 bridgehead atoms. The van der Waals surface area contributed by atoms with Crippen LogP contribution in [0.4, 0.5) is 0 Å². The second kappa shape index (κ2) is 6.97. The van der Waals surface area contributed by atoms with Crippen molar-refractivity contribution >= 4 is 17.7 Å². The maximum Gasteiger partial charge on any atom is 0.177 e. The number of carbonyl (C=O) groups excluding carboxylic acids is 1. The van der Waals surface area contributed by atoms with Gasteiger partial charge in [-0.05, 0) is 36.2 Å². The Balaban J connectivity index is 1.87. The van der Waals surface area contributed by atoms with Crippen LogP contribution < -0.4 is 9.46 Å². The molecule has 2 rings (SSSR count). The minimum absolute atomic E-state index is 0.0438. The van der Waals surface area contributed by atoms with Gasteiger partial charge in [-0.15, -0.1) is 0 Å². The molecule has 1 N–H and O–H groups in total. The van der Waals surface area contributed by atoms with Crippen molar-refractivity contribution < 1.29 is 9.53 Å². The molecule has 0 heterocycles. The monoisotopic (exact) mass is 273 g/mol. The summed E-state index contributed by atoms with van der Waals surface area (Å²) in [4.78, 5) is 13.1. The van der Waals surface area contributed by atoms with E-state index in [1.54, 1.807) is 19.2 Å². The zero-order chi connectivity index (χ0) is 13.5. The fourth-order valence-corrected chi connectivity index (χ4v) is 2.24. The van der Waals surface area contributed by atoms with E-state index in [4.69, 9.17) is 4.74 Å². The first-order valence-corrected chi connectivity index (χ1v) is 6.73. The largest absolute Gasteiger partial charge is 0.497 e. The predicted octanol–water partition coefficient (Wildman–Crippen LogP) is 3.17. The van der Waals surface area contributed by atoms with Gasteiger partial charge in [0.15, 0.2) is 5.78 Å². The molecule has 0 unspecified atom stereocenters. The second-order valence-electron chi connectivity index (χ2n) is 3.89. The quantitative estimate of drug-likeness (QED) is 0.648. The zero-order valence-electron chi connectivity index (χ0n) is 10.6. The van der Waals surface area contributed by atoms with Crippen molar-refractivity contribution in [1.82, 2.24) is 4.72 Å². The molecule has 0 fully saturated rings. The van der Waals surface area contributed by atoms with Gasteiger partial charge in [-0.2, -0.15) is 0 Å². The fraction of sp³-hybridized carbons (Fsp3) is 0.133. The number of benzene rings is 2.